The number of hydrogen-bond acceptors (Lipinski definition) is 3. The van der Waals surface area contributed by atoms with Crippen molar-refractivity contribution in [3.05, 3.63) is 47.3 Å². The van der Waals surface area contributed by atoms with E-state index < -0.39 is 0 Å². The maximum atomic E-state index is 13.1. The van der Waals surface area contributed by atoms with E-state index in [1.165, 1.54) is 19.3 Å². The highest BCUT2D eigenvalue weighted by Crippen LogP contribution is 2.30. The van der Waals surface area contributed by atoms with Crippen LogP contribution in [0.2, 0.25) is 0 Å². The number of Topliss-reactive ketones (excluding diaryl/α,β-unsaturated/α-hetero) is 1. The van der Waals surface area contributed by atoms with Crippen LogP contribution in [0.15, 0.2) is 30.3 Å². The minimum Gasteiger partial charge on any atom is -0.303 e. The van der Waals surface area contributed by atoms with Crippen molar-refractivity contribution in [1.82, 2.24) is 14.7 Å². The van der Waals surface area contributed by atoms with Crippen molar-refractivity contribution in [3.8, 4) is 5.69 Å². The normalized spacial score (nSPS) is 21.7. The molecule has 126 valence electrons. The van der Waals surface area contributed by atoms with Crippen molar-refractivity contribution in [1.29, 1.82) is 0 Å². The van der Waals surface area contributed by atoms with E-state index in [9.17, 15) is 4.79 Å². The molecule has 1 fully saturated rings. The number of rotatable bonds is 3. The van der Waals surface area contributed by atoms with Crippen LogP contribution in [0.1, 0.15) is 47.4 Å². The SMILES string of the molecule is Cc1nn(-c2ccccc2)c2c1C(=O)C(CN1CCCCC1)CC2. The standard InChI is InChI=1S/C20H25N3O/c1-15-19-18(23(21-15)17-8-4-2-5-9-17)11-10-16(20(19)24)14-22-12-6-3-7-13-22/h2,4-5,8-9,16H,3,6-7,10-14H2,1H3. The van der Waals surface area contributed by atoms with Gasteiger partial charge in [-0.05, 0) is 57.8 Å². The first-order valence-electron chi connectivity index (χ1n) is 9.14. The molecule has 24 heavy (non-hydrogen) atoms. The number of carbonyl (C=O) groups excluding carboxylic acids is 1. The van der Waals surface area contributed by atoms with Gasteiger partial charge in [-0.25, -0.2) is 4.68 Å². The first-order valence-corrected chi connectivity index (χ1v) is 9.14. The Balaban J connectivity index is 1.60. The monoisotopic (exact) mass is 323 g/mol. The predicted molar refractivity (Wildman–Crippen MR) is 94.7 cm³/mol. The van der Waals surface area contributed by atoms with E-state index in [4.69, 9.17) is 0 Å². The molecule has 1 aromatic carbocycles. The van der Waals surface area contributed by atoms with E-state index >= 15 is 0 Å². The van der Waals surface area contributed by atoms with E-state index in [0.717, 1.165) is 55.1 Å². The molecule has 1 atom stereocenters. The topological polar surface area (TPSA) is 38.1 Å². The largest absolute Gasteiger partial charge is 0.303 e. The summed E-state index contributed by atoms with van der Waals surface area (Å²) in [5.41, 5.74) is 3.90. The van der Waals surface area contributed by atoms with Gasteiger partial charge in [-0.2, -0.15) is 5.10 Å². The van der Waals surface area contributed by atoms with Crippen molar-refractivity contribution in [2.24, 2.45) is 5.92 Å². The lowest BCUT2D eigenvalue weighted by Gasteiger charge is -2.31. The summed E-state index contributed by atoms with van der Waals surface area (Å²) >= 11 is 0. The van der Waals surface area contributed by atoms with E-state index in [0.29, 0.717) is 5.78 Å². The Morgan fingerprint density at radius 2 is 1.88 bits per heavy atom. The minimum atomic E-state index is 0.141. The summed E-state index contributed by atoms with van der Waals surface area (Å²) in [6, 6.07) is 10.1. The molecule has 1 aromatic heterocycles. The maximum Gasteiger partial charge on any atom is 0.170 e. The second kappa shape index (κ2) is 6.52. The number of ketones is 1. The van der Waals surface area contributed by atoms with Crippen LogP contribution in [0.4, 0.5) is 0 Å². The zero-order chi connectivity index (χ0) is 16.5. The third kappa shape index (κ3) is 2.80. The molecule has 0 N–H and O–H groups in total. The van der Waals surface area contributed by atoms with Crippen molar-refractivity contribution in [2.45, 2.75) is 39.0 Å². The fraction of sp³-hybridized carbons (Fsp3) is 0.500. The van der Waals surface area contributed by atoms with Crippen molar-refractivity contribution in [2.75, 3.05) is 19.6 Å². The molecule has 2 aromatic rings. The van der Waals surface area contributed by atoms with Gasteiger partial charge < -0.3 is 4.90 Å². The minimum absolute atomic E-state index is 0.141. The van der Waals surface area contributed by atoms with Gasteiger partial charge in [-0.3, -0.25) is 4.79 Å². The van der Waals surface area contributed by atoms with Gasteiger partial charge in [0.05, 0.1) is 22.6 Å². The molecule has 1 unspecified atom stereocenters. The molecule has 0 saturated carbocycles. The number of para-hydroxylation sites is 1. The lowest BCUT2D eigenvalue weighted by Crippen LogP contribution is -2.38. The number of carbonyl (C=O) groups is 1. The fourth-order valence-electron chi connectivity index (χ4n) is 4.18. The molecule has 0 amide bonds. The molecule has 1 aliphatic carbocycles. The van der Waals surface area contributed by atoms with E-state index in [1.54, 1.807) is 0 Å². The van der Waals surface area contributed by atoms with Crippen molar-refractivity contribution < 1.29 is 4.79 Å². The molecule has 1 aliphatic heterocycles. The summed E-state index contributed by atoms with van der Waals surface area (Å²) < 4.78 is 1.97. The zero-order valence-corrected chi connectivity index (χ0v) is 14.4. The molecular weight excluding hydrogens is 298 g/mol. The van der Waals surface area contributed by atoms with Crippen LogP contribution in [0.25, 0.3) is 5.69 Å². The van der Waals surface area contributed by atoms with Gasteiger partial charge in [0.15, 0.2) is 5.78 Å². The lowest BCUT2D eigenvalue weighted by molar-refractivity contribution is 0.0844. The van der Waals surface area contributed by atoms with Crippen molar-refractivity contribution in [3.63, 3.8) is 0 Å². The number of benzene rings is 1. The predicted octanol–water partition coefficient (Wildman–Crippen LogP) is 3.41. The van der Waals surface area contributed by atoms with Crippen molar-refractivity contribution >= 4 is 5.78 Å². The lowest BCUT2D eigenvalue weighted by atomic mass is 9.84. The number of likely N-dealkylation sites (tertiary alicyclic amines) is 1. The molecule has 4 heteroatoms. The Morgan fingerprint density at radius 1 is 1.12 bits per heavy atom. The fourth-order valence-corrected chi connectivity index (χ4v) is 4.18. The Hall–Kier alpha value is -1.94. The highest BCUT2D eigenvalue weighted by molar-refractivity contribution is 6.01. The van der Waals surface area contributed by atoms with Crippen LogP contribution in [-0.4, -0.2) is 40.1 Å². The first-order chi connectivity index (χ1) is 11.7. The molecular formula is C20H25N3O. The van der Waals surface area contributed by atoms with E-state index in [-0.39, 0.29) is 5.92 Å². The molecule has 2 aliphatic rings. The maximum absolute atomic E-state index is 13.1. The van der Waals surface area contributed by atoms with Crippen LogP contribution in [0.3, 0.4) is 0 Å². The molecule has 4 rings (SSSR count). The Morgan fingerprint density at radius 3 is 2.62 bits per heavy atom. The summed E-state index contributed by atoms with van der Waals surface area (Å²) in [5, 5.41) is 4.68. The number of nitrogens with zero attached hydrogens (tertiary/aromatic N) is 3. The highest BCUT2D eigenvalue weighted by atomic mass is 16.1. The second-order valence-corrected chi connectivity index (χ2v) is 7.12. The van der Waals surface area contributed by atoms with Gasteiger partial charge >= 0.3 is 0 Å². The number of piperidine rings is 1. The number of aromatic nitrogens is 2. The number of aryl methyl sites for hydroxylation is 1. The molecule has 0 radical (unpaired) electrons. The third-order valence-corrected chi connectivity index (χ3v) is 5.43. The average Bonchev–Trinajstić information content (AvgIpc) is 2.96. The summed E-state index contributed by atoms with van der Waals surface area (Å²) in [5.74, 6) is 0.448. The van der Waals surface area contributed by atoms with Crippen LogP contribution in [-0.2, 0) is 6.42 Å². The molecule has 0 spiro atoms. The van der Waals surface area contributed by atoms with Crippen LogP contribution in [0.5, 0.6) is 0 Å². The summed E-state index contributed by atoms with van der Waals surface area (Å²) in [6.07, 6.45) is 5.77. The molecule has 4 nitrogen and oxygen atoms in total. The summed E-state index contributed by atoms with van der Waals surface area (Å²) in [7, 11) is 0. The number of fused-ring (bicyclic) bond motifs is 1. The zero-order valence-electron chi connectivity index (χ0n) is 14.4. The van der Waals surface area contributed by atoms with Gasteiger partial charge in [0.25, 0.3) is 0 Å². The molecule has 0 bridgehead atoms. The van der Waals surface area contributed by atoms with Gasteiger partial charge in [0.1, 0.15) is 0 Å². The van der Waals surface area contributed by atoms with E-state index in [1.807, 2.05) is 29.8 Å². The van der Waals surface area contributed by atoms with Gasteiger partial charge in [0, 0.05) is 12.5 Å². The second-order valence-electron chi connectivity index (χ2n) is 7.12. The Bertz CT molecular complexity index is 729. The summed E-state index contributed by atoms with van der Waals surface area (Å²) in [4.78, 5) is 15.6. The Kier molecular flexibility index (Phi) is 4.23. The van der Waals surface area contributed by atoms with Crippen LogP contribution < -0.4 is 0 Å². The average molecular weight is 323 g/mol. The third-order valence-electron chi connectivity index (χ3n) is 5.43. The molecule has 2 heterocycles. The molecule has 1 saturated heterocycles. The van der Waals surface area contributed by atoms with Crippen LogP contribution >= 0.6 is 0 Å². The van der Waals surface area contributed by atoms with Gasteiger partial charge in [-0.15, -0.1) is 0 Å². The highest BCUT2D eigenvalue weighted by Gasteiger charge is 2.34. The van der Waals surface area contributed by atoms with Gasteiger partial charge in [-0.1, -0.05) is 24.6 Å². The first kappa shape index (κ1) is 15.6. The quantitative estimate of drug-likeness (QED) is 0.869. The van der Waals surface area contributed by atoms with E-state index in [2.05, 4.69) is 22.1 Å². The smallest absolute Gasteiger partial charge is 0.170 e. The summed E-state index contributed by atoms with van der Waals surface area (Å²) in [6.45, 7) is 5.20. The Labute approximate surface area is 143 Å². The number of hydrogen-bond donors (Lipinski definition) is 0. The van der Waals surface area contributed by atoms with Crippen LogP contribution in [0, 0.1) is 12.8 Å². The van der Waals surface area contributed by atoms with Gasteiger partial charge in [0.2, 0.25) is 0 Å².